The predicted molar refractivity (Wildman–Crippen MR) is 76.8 cm³/mol. The van der Waals surface area contributed by atoms with Crippen LogP contribution < -0.4 is 4.72 Å². The molecule has 0 aliphatic carbocycles. The number of carbonyl (C=O) groups is 1. The maximum Gasteiger partial charge on any atom is 0.239 e. The van der Waals surface area contributed by atoms with E-state index < -0.39 is 27.5 Å². The van der Waals surface area contributed by atoms with E-state index in [4.69, 9.17) is 4.52 Å². The summed E-state index contributed by atoms with van der Waals surface area (Å²) < 4.78 is 43.7. The quantitative estimate of drug-likeness (QED) is 0.902. The van der Waals surface area contributed by atoms with Crippen molar-refractivity contribution in [2.75, 3.05) is 0 Å². The average molecular weight is 326 g/mol. The van der Waals surface area contributed by atoms with Crippen molar-refractivity contribution in [3.8, 4) is 0 Å². The summed E-state index contributed by atoms with van der Waals surface area (Å²) in [5.41, 5.74) is 1.28. The summed E-state index contributed by atoms with van der Waals surface area (Å²) in [6.45, 7) is 3.27. The minimum Gasteiger partial charge on any atom is -0.361 e. The van der Waals surface area contributed by atoms with Crippen LogP contribution in [0.4, 0.5) is 4.39 Å². The lowest BCUT2D eigenvalue weighted by Crippen LogP contribution is -2.33. The van der Waals surface area contributed by atoms with Crippen molar-refractivity contribution < 1.29 is 22.1 Å². The van der Waals surface area contributed by atoms with E-state index in [0.717, 1.165) is 0 Å². The van der Waals surface area contributed by atoms with E-state index in [1.165, 1.54) is 18.2 Å². The monoisotopic (exact) mass is 326 g/mol. The van der Waals surface area contributed by atoms with Gasteiger partial charge in [-0.05, 0) is 37.1 Å². The normalized spacial score (nSPS) is 11.4. The van der Waals surface area contributed by atoms with Crippen molar-refractivity contribution in [2.45, 2.75) is 26.0 Å². The molecule has 6 nitrogen and oxygen atoms in total. The minimum atomic E-state index is -3.86. The Morgan fingerprint density at radius 3 is 2.64 bits per heavy atom. The molecule has 0 radical (unpaired) electrons. The van der Waals surface area contributed by atoms with E-state index in [1.54, 1.807) is 19.9 Å². The molecule has 2 rings (SSSR count). The number of hydrogen-bond acceptors (Lipinski definition) is 5. The molecule has 1 aromatic carbocycles. The lowest BCUT2D eigenvalue weighted by molar-refractivity contribution is -0.118. The van der Waals surface area contributed by atoms with Gasteiger partial charge in [-0.25, -0.2) is 12.8 Å². The van der Waals surface area contributed by atoms with E-state index in [-0.39, 0.29) is 6.42 Å². The Bertz CT molecular complexity index is 799. The summed E-state index contributed by atoms with van der Waals surface area (Å²) in [5.74, 6) is -1.01. The van der Waals surface area contributed by atoms with Crippen LogP contribution in [0.15, 0.2) is 28.8 Å². The number of nitrogens with zero attached hydrogens (tertiary/aromatic N) is 1. The molecule has 1 aromatic heterocycles. The zero-order chi connectivity index (χ0) is 16.3. The molecule has 118 valence electrons. The Labute approximate surface area is 127 Å². The molecular formula is C14H15FN2O4S. The average Bonchev–Trinajstić information content (AvgIpc) is 2.77. The van der Waals surface area contributed by atoms with Gasteiger partial charge in [0.2, 0.25) is 15.9 Å². The van der Waals surface area contributed by atoms with Gasteiger partial charge < -0.3 is 4.52 Å². The molecule has 0 unspecified atom stereocenters. The second kappa shape index (κ2) is 6.27. The van der Waals surface area contributed by atoms with E-state index in [1.807, 2.05) is 4.72 Å². The highest BCUT2D eigenvalue weighted by atomic mass is 32.2. The van der Waals surface area contributed by atoms with E-state index in [2.05, 4.69) is 5.16 Å². The first-order valence-electron chi connectivity index (χ1n) is 6.46. The number of aryl methyl sites for hydroxylation is 2. The number of amides is 1. The Hall–Kier alpha value is -2.22. The van der Waals surface area contributed by atoms with Gasteiger partial charge in [0.05, 0.1) is 17.9 Å². The lowest BCUT2D eigenvalue weighted by atomic mass is 10.1. The smallest absolute Gasteiger partial charge is 0.239 e. The Morgan fingerprint density at radius 1 is 1.32 bits per heavy atom. The topological polar surface area (TPSA) is 89.3 Å². The lowest BCUT2D eigenvalue weighted by Gasteiger charge is -2.08. The zero-order valence-corrected chi connectivity index (χ0v) is 12.9. The highest BCUT2D eigenvalue weighted by Gasteiger charge is 2.18. The van der Waals surface area contributed by atoms with Crippen LogP contribution in [0.1, 0.15) is 22.6 Å². The van der Waals surface area contributed by atoms with Crippen LogP contribution in [0, 0.1) is 19.7 Å². The maximum absolute atomic E-state index is 13.0. The van der Waals surface area contributed by atoms with Gasteiger partial charge in [-0.3, -0.25) is 9.52 Å². The van der Waals surface area contributed by atoms with Crippen molar-refractivity contribution >= 4 is 15.9 Å². The first kappa shape index (κ1) is 16.2. The number of halogens is 1. The molecule has 0 fully saturated rings. The minimum absolute atomic E-state index is 0.195. The Morgan fingerprint density at radius 2 is 2.05 bits per heavy atom. The number of nitrogens with one attached hydrogen (secondary N) is 1. The maximum atomic E-state index is 13.0. The summed E-state index contributed by atoms with van der Waals surface area (Å²) in [6, 6.07) is 5.36. The molecule has 1 heterocycles. The molecule has 8 heteroatoms. The summed E-state index contributed by atoms with van der Waals surface area (Å²) in [7, 11) is -3.86. The van der Waals surface area contributed by atoms with Crippen LogP contribution >= 0.6 is 0 Å². The standard InChI is InChI=1S/C14H15FN2O4S/c1-9-5-12(15)4-3-11(9)8-22(19,20)17-14(18)7-13-6-10(2)21-16-13/h3-6H,7-8H2,1-2H3,(H,17,18). The Balaban J connectivity index is 2.02. The fourth-order valence-electron chi connectivity index (χ4n) is 1.94. The number of rotatable bonds is 5. The first-order valence-corrected chi connectivity index (χ1v) is 8.11. The van der Waals surface area contributed by atoms with Crippen molar-refractivity contribution in [3.63, 3.8) is 0 Å². The molecule has 1 N–H and O–H groups in total. The van der Waals surface area contributed by atoms with Crippen LogP contribution in [0.25, 0.3) is 0 Å². The van der Waals surface area contributed by atoms with E-state index in [9.17, 15) is 17.6 Å². The molecule has 0 spiro atoms. The third kappa shape index (κ3) is 4.39. The molecule has 0 aliphatic rings. The fraction of sp³-hybridized carbons (Fsp3) is 0.286. The van der Waals surface area contributed by atoms with Gasteiger partial charge in [-0.2, -0.15) is 0 Å². The van der Waals surface area contributed by atoms with Crippen LogP contribution in [0.2, 0.25) is 0 Å². The third-order valence-corrected chi connectivity index (χ3v) is 4.17. The largest absolute Gasteiger partial charge is 0.361 e. The van der Waals surface area contributed by atoms with Crippen LogP contribution in [0.3, 0.4) is 0 Å². The number of hydrogen-bond donors (Lipinski definition) is 1. The van der Waals surface area contributed by atoms with Crippen molar-refractivity contribution in [3.05, 3.63) is 52.7 Å². The summed E-state index contributed by atoms with van der Waals surface area (Å²) in [6.07, 6.45) is -0.195. The molecule has 0 atom stereocenters. The second-order valence-electron chi connectivity index (χ2n) is 4.96. The molecule has 22 heavy (non-hydrogen) atoms. The number of carbonyl (C=O) groups excluding carboxylic acids is 1. The first-order chi connectivity index (χ1) is 10.2. The summed E-state index contributed by atoms with van der Waals surface area (Å²) in [5, 5.41) is 3.62. The van der Waals surface area contributed by atoms with Gasteiger partial charge in [-0.15, -0.1) is 0 Å². The molecule has 0 bridgehead atoms. The summed E-state index contributed by atoms with van der Waals surface area (Å²) >= 11 is 0. The van der Waals surface area contributed by atoms with Crippen LogP contribution in [-0.2, 0) is 27.0 Å². The summed E-state index contributed by atoms with van der Waals surface area (Å²) in [4.78, 5) is 11.7. The highest BCUT2D eigenvalue weighted by molar-refractivity contribution is 7.89. The predicted octanol–water partition coefficient (Wildman–Crippen LogP) is 1.62. The van der Waals surface area contributed by atoms with Gasteiger partial charge in [0, 0.05) is 6.07 Å². The highest BCUT2D eigenvalue weighted by Crippen LogP contribution is 2.13. The Kier molecular flexibility index (Phi) is 4.60. The molecular weight excluding hydrogens is 311 g/mol. The van der Waals surface area contributed by atoms with Gasteiger partial charge in [-0.1, -0.05) is 11.2 Å². The van der Waals surface area contributed by atoms with Crippen molar-refractivity contribution in [2.24, 2.45) is 0 Å². The second-order valence-corrected chi connectivity index (χ2v) is 6.68. The third-order valence-electron chi connectivity index (χ3n) is 2.94. The molecule has 0 saturated carbocycles. The van der Waals surface area contributed by atoms with Crippen LogP contribution in [0.5, 0.6) is 0 Å². The molecule has 0 aliphatic heterocycles. The zero-order valence-electron chi connectivity index (χ0n) is 12.1. The van der Waals surface area contributed by atoms with Gasteiger partial charge >= 0.3 is 0 Å². The van der Waals surface area contributed by atoms with Gasteiger partial charge in [0.1, 0.15) is 11.6 Å². The molecule has 2 aromatic rings. The van der Waals surface area contributed by atoms with Crippen molar-refractivity contribution in [1.29, 1.82) is 0 Å². The van der Waals surface area contributed by atoms with Gasteiger partial charge in [0.25, 0.3) is 0 Å². The molecule has 1 amide bonds. The van der Waals surface area contributed by atoms with Crippen LogP contribution in [-0.4, -0.2) is 19.5 Å². The van der Waals surface area contributed by atoms with E-state index >= 15 is 0 Å². The SMILES string of the molecule is Cc1cc(CC(=O)NS(=O)(=O)Cc2ccc(F)cc2C)no1. The number of aromatic nitrogens is 1. The van der Waals surface area contributed by atoms with Crippen molar-refractivity contribution in [1.82, 2.24) is 9.88 Å². The number of benzene rings is 1. The fourth-order valence-corrected chi connectivity index (χ4v) is 3.16. The number of sulfonamides is 1. The van der Waals surface area contributed by atoms with Gasteiger partial charge in [0.15, 0.2) is 0 Å². The molecule has 0 saturated heterocycles. The van der Waals surface area contributed by atoms with E-state index in [0.29, 0.717) is 22.6 Å².